The lowest BCUT2D eigenvalue weighted by molar-refractivity contribution is 0.199. The molecule has 0 saturated carbocycles. The molecule has 2 amide bonds. The molecule has 1 unspecified atom stereocenters. The number of amides is 2. The first-order valence-corrected chi connectivity index (χ1v) is 15.3. The fourth-order valence-electron chi connectivity index (χ4n) is 4.47. The molecule has 0 aliphatic carbocycles. The van der Waals surface area contributed by atoms with Crippen LogP contribution in [0.2, 0.25) is 5.02 Å². The van der Waals surface area contributed by atoms with Gasteiger partial charge in [-0.15, -0.1) is 0 Å². The normalized spacial score (nSPS) is 17.9. The summed E-state index contributed by atoms with van der Waals surface area (Å²) in [5.41, 5.74) is -0.544. The number of hydrazone groups is 1. The zero-order valence-corrected chi connectivity index (χ0v) is 23.9. The van der Waals surface area contributed by atoms with E-state index in [1.807, 2.05) is 0 Å². The van der Waals surface area contributed by atoms with E-state index in [2.05, 4.69) is 15.1 Å². The molecule has 1 atom stereocenters. The molecule has 212 valence electrons. The molecule has 0 spiro atoms. The lowest BCUT2D eigenvalue weighted by Crippen LogP contribution is -2.55. The third-order valence-electron chi connectivity index (χ3n) is 6.25. The molecule has 1 aliphatic heterocycles. The van der Waals surface area contributed by atoms with Gasteiger partial charge in [-0.1, -0.05) is 54.1 Å². The van der Waals surface area contributed by atoms with Crippen LogP contribution in [0.25, 0.3) is 0 Å². The second-order valence-corrected chi connectivity index (χ2v) is 13.8. The summed E-state index contributed by atoms with van der Waals surface area (Å²) in [6.45, 7) is 2.40. The van der Waals surface area contributed by atoms with Crippen molar-refractivity contribution in [3.8, 4) is 0 Å². The van der Waals surface area contributed by atoms with Gasteiger partial charge in [0.05, 0.1) is 17.2 Å². The van der Waals surface area contributed by atoms with Crippen molar-refractivity contribution in [3.63, 3.8) is 0 Å². The van der Waals surface area contributed by atoms with E-state index in [-0.39, 0.29) is 22.7 Å². The predicted molar refractivity (Wildman–Crippen MR) is 150 cm³/mol. The lowest BCUT2D eigenvalue weighted by Gasteiger charge is -2.31. The summed E-state index contributed by atoms with van der Waals surface area (Å²) in [7, 11) is -8.39. The van der Waals surface area contributed by atoms with Crippen molar-refractivity contribution in [1.82, 2.24) is 15.0 Å². The number of sulfone groups is 1. The molecule has 0 aromatic heterocycles. The van der Waals surface area contributed by atoms with Crippen molar-refractivity contribution < 1.29 is 26.0 Å². The van der Waals surface area contributed by atoms with E-state index in [1.54, 1.807) is 30.3 Å². The van der Waals surface area contributed by atoms with Gasteiger partial charge < -0.3 is 5.32 Å². The molecule has 4 N–H and O–H groups in total. The average Bonchev–Trinajstić information content (AvgIpc) is 3.30. The zero-order valence-electron chi connectivity index (χ0n) is 21.5. The highest BCUT2D eigenvalue weighted by atomic mass is 35.5. The number of nitrogens with two attached hydrogens (primary N) is 1. The van der Waals surface area contributed by atoms with Gasteiger partial charge in [0.15, 0.2) is 14.6 Å². The van der Waals surface area contributed by atoms with Gasteiger partial charge in [-0.25, -0.2) is 27.8 Å². The van der Waals surface area contributed by atoms with Crippen LogP contribution >= 0.6 is 11.6 Å². The van der Waals surface area contributed by atoms with Crippen LogP contribution in [0.4, 0.5) is 9.18 Å². The molecule has 1 aliphatic rings. The number of nitrogens with zero attached hydrogens (tertiary/aromatic N) is 2. The Morgan fingerprint density at radius 2 is 1.62 bits per heavy atom. The Bertz CT molecular complexity index is 1650. The molecule has 40 heavy (non-hydrogen) atoms. The zero-order chi connectivity index (χ0) is 29.3. The Kier molecular flexibility index (Phi) is 8.07. The Morgan fingerprint density at radius 1 is 1.02 bits per heavy atom. The SMILES string of the molecule is CC(C)(CNC(=O)N1CC(c2ccccc2)(S(=O)(=O)c2ccc(Cl)cc2)C(c2ccc(F)cc2)=N1)NS(N)(=O)=O. The summed E-state index contributed by atoms with van der Waals surface area (Å²) in [6, 6.07) is 18.3. The molecule has 1 heterocycles. The summed E-state index contributed by atoms with van der Waals surface area (Å²) < 4.78 is 66.2. The first-order chi connectivity index (χ1) is 18.6. The smallest absolute Gasteiger partial charge is 0.335 e. The number of halogens is 2. The van der Waals surface area contributed by atoms with Crippen molar-refractivity contribution in [2.75, 3.05) is 13.1 Å². The highest BCUT2D eigenvalue weighted by Crippen LogP contribution is 2.43. The quantitative estimate of drug-likeness (QED) is 0.359. The number of carbonyl (C=O) groups excluding carboxylic acids is 1. The minimum absolute atomic E-state index is 0.00530. The van der Waals surface area contributed by atoms with Crippen LogP contribution in [-0.2, 0) is 24.8 Å². The maximum absolute atomic E-state index is 14.5. The Hall–Kier alpha value is -3.36. The molecule has 10 nitrogen and oxygen atoms in total. The molecular formula is C26H27ClFN5O5S2. The van der Waals surface area contributed by atoms with E-state index < -0.39 is 48.7 Å². The molecule has 0 bridgehead atoms. The van der Waals surface area contributed by atoms with Gasteiger partial charge in [-0.2, -0.15) is 18.2 Å². The van der Waals surface area contributed by atoms with Gasteiger partial charge in [0.1, 0.15) is 5.82 Å². The van der Waals surface area contributed by atoms with Gasteiger partial charge in [0.25, 0.3) is 10.2 Å². The molecule has 3 aromatic rings. The van der Waals surface area contributed by atoms with Crippen molar-refractivity contribution in [2.24, 2.45) is 10.2 Å². The molecule has 14 heteroatoms. The monoisotopic (exact) mass is 607 g/mol. The third-order valence-corrected chi connectivity index (χ3v) is 9.71. The molecule has 0 saturated heterocycles. The first-order valence-electron chi connectivity index (χ1n) is 11.9. The topological polar surface area (TPSA) is 151 Å². The maximum atomic E-state index is 14.5. The summed E-state index contributed by atoms with van der Waals surface area (Å²) in [4.78, 5) is 13.3. The van der Waals surface area contributed by atoms with Crippen LogP contribution in [-0.4, -0.2) is 52.2 Å². The minimum atomic E-state index is -4.32. The van der Waals surface area contributed by atoms with Crippen molar-refractivity contribution in [3.05, 3.63) is 101 Å². The molecule has 0 fully saturated rings. The number of hydrogen-bond donors (Lipinski definition) is 3. The van der Waals surface area contributed by atoms with Crippen molar-refractivity contribution in [2.45, 2.75) is 29.0 Å². The van der Waals surface area contributed by atoms with E-state index >= 15 is 0 Å². The van der Waals surface area contributed by atoms with Crippen LogP contribution in [0, 0.1) is 5.82 Å². The second-order valence-electron chi connectivity index (χ2n) is 9.85. The van der Waals surface area contributed by atoms with Gasteiger partial charge in [0.2, 0.25) is 0 Å². The van der Waals surface area contributed by atoms with E-state index in [4.69, 9.17) is 16.7 Å². The van der Waals surface area contributed by atoms with Gasteiger partial charge >= 0.3 is 6.03 Å². The van der Waals surface area contributed by atoms with Crippen LogP contribution in [0.3, 0.4) is 0 Å². The second kappa shape index (κ2) is 10.9. The van der Waals surface area contributed by atoms with Crippen LogP contribution in [0.1, 0.15) is 25.0 Å². The van der Waals surface area contributed by atoms with Crippen LogP contribution < -0.4 is 15.2 Å². The summed E-state index contributed by atoms with van der Waals surface area (Å²) in [5.74, 6) is -0.535. The number of carbonyl (C=O) groups is 1. The third kappa shape index (κ3) is 6.03. The van der Waals surface area contributed by atoms with E-state index in [0.717, 1.165) is 5.01 Å². The Labute approximate surface area is 237 Å². The highest BCUT2D eigenvalue weighted by molar-refractivity contribution is 7.93. The number of hydrogen-bond acceptors (Lipinski definition) is 6. The molecule has 4 rings (SSSR count). The fourth-order valence-corrected chi connectivity index (χ4v) is 7.48. The summed E-state index contributed by atoms with van der Waals surface area (Å²) in [5, 5.41) is 13.4. The first kappa shape index (κ1) is 29.6. The van der Waals surface area contributed by atoms with Crippen molar-refractivity contribution >= 4 is 43.4 Å². The van der Waals surface area contributed by atoms with Crippen LogP contribution in [0.5, 0.6) is 0 Å². The molecule has 0 radical (unpaired) electrons. The number of benzene rings is 3. The van der Waals surface area contributed by atoms with Gasteiger partial charge in [-0.05, 0) is 55.8 Å². The predicted octanol–water partition coefficient (Wildman–Crippen LogP) is 3.15. The lowest BCUT2D eigenvalue weighted by atomic mass is 9.89. The highest BCUT2D eigenvalue weighted by Gasteiger charge is 2.56. The average molecular weight is 608 g/mol. The van der Waals surface area contributed by atoms with E-state index in [0.29, 0.717) is 10.6 Å². The number of nitrogens with one attached hydrogen (secondary N) is 2. The number of rotatable bonds is 8. The van der Waals surface area contributed by atoms with Crippen molar-refractivity contribution in [1.29, 1.82) is 0 Å². The standard InChI is InChI=1S/C26H27ClFN5O5S2/c1-25(2,32-40(29,37)38)16-30-24(34)33-17-26(19-6-4-3-5-7-19,23(31-33)18-8-12-21(28)13-9-18)39(35,36)22-14-10-20(27)11-15-22/h3-15,32H,16-17H2,1-2H3,(H,30,34)(H2,29,37,38). The molecular weight excluding hydrogens is 581 g/mol. The van der Waals surface area contributed by atoms with Gasteiger partial charge in [0, 0.05) is 22.7 Å². The fraction of sp³-hybridized carbons (Fsp3) is 0.231. The summed E-state index contributed by atoms with van der Waals surface area (Å²) >= 11 is 6.02. The molecule has 3 aromatic carbocycles. The summed E-state index contributed by atoms with van der Waals surface area (Å²) in [6.07, 6.45) is 0. The Morgan fingerprint density at radius 3 is 2.20 bits per heavy atom. The Balaban J connectivity index is 1.85. The maximum Gasteiger partial charge on any atom is 0.337 e. The van der Waals surface area contributed by atoms with Gasteiger partial charge in [-0.3, -0.25) is 0 Å². The van der Waals surface area contributed by atoms with E-state index in [9.17, 15) is 26.0 Å². The van der Waals surface area contributed by atoms with E-state index in [1.165, 1.54) is 62.4 Å². The number of urea groups is 1. The largest absolute Gasteiger partial charge is 0.337 e. The van der Waals surface area contributed by atoms with Crippen LogP contribution in [0.15, 0.2) is 88.9 Å². The minimum Gasteiger partial charge on any atom is -0.335 e.